The van der Waals surface area contributed by atoms with Gasteiger partial charge in [-0.05, 0) is 55.2 Å². The Balaban J connectivity index is 1.43. The van der Waals surface area contributed by atoms with Crippen molar-refractivity contribution in [1.29, 1.82) is 0 Å². The van der Waals surface area contributed by atoms with Gasteiger partial charge in [0, 0.05) is 31.3 Å². The average Bonchev–Trinajstić information content (AvgIpc) is 3.26. The van der Waals surface area contributed by atoms with Crippen LogP contribution >= 0.6 is 0 Å². The number of amides is 1. The summed E-state index contributed by atoms with van der Waals surface area (Å²) in [4.78, 5) is 24.5. The third-order valence-electron chi connectivity index (χ3n) is 6.19. The van der Waals surface area contributed by atoms with E-state index in [1.54, 1.807) is 7.11 Å². The number of fused-ring (bicyclic) bond motifs is 1. The maximum Gasteiger partial charge on any atom is 0.225 e. The molecular formula is C24H32N4O2. The van der Waals surface area contributed by atoms with E-state index in [1.165, 1.54) is 12.8 Å². The Morgan fingerprint density at radius 1 is 1.23 bits per heavy atom. The van der Waals surface area contributed by atoms with E-state index < -0.39 is 0 Å². The molecule has 1 fully saturated rings. The maximum absolute atomic E-state index is 12.7. The zero-order valence-corrected chi connectivity index (χ0v) is 18.3. The smallest absolute Gasteiger partial charge is 0.225 e. The van der Waals surface area contributed by atoms with Gasteiger partial charge < -0.3 is 15.0 Å². The van der Waals surface area contributed by atoms with Gasteiger partial charge in [0.05, 0.1) is 18.8 Å². The number of rotatable bonds is 6. The average molecular weight is 409 g/mol. The summed E-state index contributed by atoms with van der Waals surface area (Å²) in [5.41, 5.74) is 3.39. The van der Waals surface area contributed by atoms with E-state index >= 15 is 0 Å². The summed E-state index contributed by atoms with van der Waals surface area (Å²) in [7, 11) is 1.66. The molecule has 1 aliphatic carbocycles. The van der Waals surface area contributed by atoms with Crippen molar-refractivity contribution in [3.05, 3.63) is 47.3 Å². The molecule has 6 nitrogen and oxygen atoms in total. The van der Waals surface area contributed by atoms with E-state index in [0.717, 1.165) is 54.4 Å². The van der Waals surface area contributed by atoms with Crippen LogP contribution in [0.15, 0.2) is 30.5 Å². The van der Waals surface area contributed by atoms with Gasteiger partial charge in [-0.15, -0.1) is 0 Å². The molecule has 2 aromatic rings. The number of ether oxygens (including phenoxy) is 1. The summed E-state index contributed by atoms with van der Waals surface area (Å²) >= 11 is 0. The normalized spacial score (nSPS) is 20.0. The van der Waals surface area contributed by atoms with Crippen LogP contribution in [0.25, 0.3) is 0 Å². The van der Waals surface area contributed by atoms with Gasteiger partial charge in [0.2, 0.25) is 11.9 Å². The molecule has 1 aliphatic heterocycles. The van der Waals surface area contributed by atoms with Crippen LogP contribution < -0.4 is 15.0 Å². The van der Waals surface area contributed by atoms with Crippen LogP contribution in [0.1, 0.15) is 62.4 Å². The molecule has 4 rings (SSSR count). The van der Waals surface area contributed by atoms with E-state index in [1.807, 2.05) is 30.5 Å². The number of aromatic nitrogens is 2. The molecule has 2 heterocycles. The second kappa shape index (κ2) is 8.62. The number of benzene rings is 1. The van der Waals surface area contributed by atoms with Gasteiger partial charge in [0.25, 0.3) is 0 Å². The highest BCUT2D eigenvalue weighted by molar-refractivity contribution is 5.76. The molecule has 0 spiro atoms. The number of nitrogens with zero attached hydrogens (tertiary/aromatic N) is 3. The number of nitrogens with one attached hydrogen (secondary N) is 1. The van der Waals surface area contributed by atoms with Crippen LogP contribution in [-0.2, 0) is 17.6 Å². The van der Waals surface area contributed by atoms with Gasteiger partial charge in [0.15, 0.2) is 0 Å². The fourth-order valence-electron chi connectivity index (χ4n) is 4.55. The molecule has 1 aromatic carbocycles. The van der Waals surface area contributed by atoms with Gasteiger partial charge in [-0.3, -0.25) is 4.79 Å². The highest BCUT2D eigenvalue weighted by Gasteiger charge is 2.35. The molecule has 6 heteroatoms. The van der Waals surface area contributed by atoms with Crippen LogP contribution in [0.4, 0.5) is 5.95 Å². The number of anilines is 1. The van der Waals surface area contributed by atoms with Gasteiger partial charge in [-0.2, -0.15) is 0 Å². The Bertz CT molecular complexity index is 889. The van der Waals surface area contributed by atoms with Crippen molar-refractivity contribution < 1.29 is 9.53 Å². The number of carbonyl (C=O) groups excluding carboxylic acids is 1. The van der Waals surface area contributed by atoms with Crippen molar-refractivity contribution in [3.63, 3.8) is 0 Å². The first-order chi connectivity index (χ1) is 14.4. The zero-order chi connectivity index (χ0) is 21.1. The Kier molecular flexibility index (Phi) is 5.93. The second-order valence-electron chi connectivity index (χ2n) is 9.28. The van der Waals surface area contributed by atoms with Crippen LogP contribution in [0.3, 0.4) is 0 Å². The number of methoxy groups -OCH3 is 1. The van der Waals surface area contributed by atoms with Crippen molar-refractivity contribution in [1.82, 2.24) is 15.3 Å². The third kappa shape index (κ3) is 4.74. The molecule has 2 aliphatic rings. The first-order valence-electron chi connectivity index (χ1n) is 11.0. The molecule has 30 heavy (non-hydrogen) atoms. The summed E-state index contributed by atoms with van der Waals surface area (Å²) in [6, 6.07) is 7.86. The van der Waals surface area contributed by atoms with Crippen molar-refractivity contribution >= 4 is 11.9 Å². The van der Waals surface area contributed by atoms with E-state index in [4.69, 9.17) is 9.72 Å². The minimum Gasteiger partial charge on any atom is -0.497 e. The van der Waals surface area contributed by atoms with Crippen LogP contribution in [-0.4, -0.2) is 36.1 Å². The van der Waals surface area contributed by atoms with E-state index in [-0.39, 0.29) is 17.4 Å². The number of carbonyl (C=O) groups is 1. The van der Waals surface area contributed by atoms with Gasteiger partial charge in [0.1, 0.15) is 5.75 Å². The summed E-state index contributed by atoms with van der Waals surface area (Å²) < 4.78 is 5.19. The first kappa shape index (κ1) is 20.6. The van der Waals surface area contributed by atoms with Crippen molar-refractivity contribution in [3.8, 4) is 5.75 Å². The first-order valence-corrected chi connectivity index (χ1v) is 11.0. The monoisotopic (exact) mass is 408 g/mol. The van der Waals surface area contributed by atoms with Crippen LogP contribution in [0.5, 0.6) is 5.75 Å². The summed E-state index contributed by atoms with van der Waals surface area (Å²) in [5, 5.41) is 3.26. The maximum atomic E-state index is 12.7. The highest BCUT2D eigenvalue weighted by Crippen LogP contribution is 2.40. The number of aryl methyl sites for hydroxylation is 1. The van der Waals surface area contributed by atoms with Gasteiger partial charge in [-0.1, -0.05) is 26.0 Å². The minimum absolute atomic E-state index is 0.0280. The zero-order valence-electron chi connectivity index (χ0n) is 18.3. The Morgan fingerprint density at radius 3 is 2.67 bits per heavy atom. The lowest BCUT2D eigenvalue weighted by Crippen LogP contribution is -2.37. The third-order valence-corrected chi connectivity index (χ3v) is 6.19. The minimum atomic E-state index is -0.0280. The molecular weight excluding hydrogens is 376 g/mol. The molecule has 1 unspecified atom stereocenters. The van der Waals surface area contributed by atoms with E-state index in [0.29, 0.717) is 12.8 Å². The van der Waals surface area contributed by atoms with E-state index in [9.17, 15) is 4.79 Å². The molecule has 0 saturated carbocycles. The number of hydrogen-bond acceptors (Lipinski definition) is 5. The van der Waals surface area contributed by atoms with Crippen LogP contribution in [0, 0.1) is 5.41 Å². The predicted octanol–water partition coefficient (Wildman–Crippen LogP) is 3.85. The quantitative estimate of drug-likeness (QED) is 0.786. The standard InChI is InChI=1S/C24H32N4O2/c1-24(2)14-20(26-22(29)11-8-17-6-9-18(30-3)10-7-17)19-16-25-23(27-21(19)15-24)28-12-4-5-13-28/h6-7,9-10,16,20H,4-5,8,11-15H2,1-3H3,(H,26,29). The van der Waals surface area contributed by atoms with Crippen molar-refractivity contribution in [2.75, 3.05) is 25.1 Å². The molecule has 1 saturated heterocycles. The molecule has 0 bridgehead atoms. The SMILES string of the molecule is COc1ccc(CCC(=O)NC2CC(C)(C)Cc3nc(N4CCCC4)ncc32)cc1. The predicted molar refractivity (Wildman–Crippen MR) is 118 cm³/mol. The lowest BCUT2D eigenvalue weighted by atomic mass is 9.74. The van der Waals surface area contributed by atoms with Crippen molar-refractivity contribution in [2.45, 2.75) is 58.4 Å². The van der Waals surface area contributed by atoms with Crippen LogP contribution in [0.2, 0.25) is 0 Å². The molecule has 1 atom stereocenters. The lowest BCUT2D eigenvalue weighted by molar-refractivity contribution is -0.122. The number of hydrogen-bond donors (Lipinski definition) is 1. The molecule has 1 amide bonds. The summed E-state index contributed by atoms with van der Waals surface area (Å²) in [6.45, 7) is 6.58. The fraction of sp³-hybridized carbons (Fsp3) is 0.542. The van der Waals surface area contributed by atoms with E-state index in [2.05, 4.69) is 29.0 Å². The second-order valence-corrected chi connectivity index (χ2v) is 9.28. The Hall–Kier alpha value is -2.63. The lowest BCUT2D eigenvalue weighted by Gasteiger charge is -2.36. The summed E-state index contributed by atoms with van der Waals surface area (Å²) in [5.74, 6) is 1.74. The Morgan fingerprint density at radius 2 is 1.97 bits per heavy atom. The molecule has 0 radical (unpaired) electrons. The van der Waals surface area contributed by atoms with Gasteiger partial charge >= 0.3 is 0 Å². The van der Waals surface area contributed by atoms with Gasteiger partial charge in [-0.25, -0.2) is 9.97 Å². The Labute approximate surface area is 179 Å². The largest absolute Gasteiger partial charge is 0.497 e. The molecule has 1 N–H and O–H groups in total. The summed E-state index contributed by atoms with van der Waals surface area (Å²) in [6.07, 6.45) is 7.36. The fourth-order valence-corrected chi connectivity index (χ4v) is 4.55. The molecule has 1 aromatic heterocycles. The van der Waals surface area contributed by atoms with Crippen molar-refractivity contribution in [2.24, 2.45) is 5.41 Å². The topological polar surface area (TPSA) is 67.3 Å². The highest BCUT2D eigenvalue weighted by atomic mass is 16.5. The molecule has 160 valence electrons.